The molecule has 0 unspecified atom stereocenters. The van der Waals surface area contributed by atoms with Crippen LogP contribution in [0.4, 0.5) is 0 Å². The van der Waals surface area contributed by atoms with Crippen LogP contribution in [0.1, 0.15) is 16.7 Å². The lowest BCUT2D eigenvalue weighted by Gasteiger charge is -2.12. The van der Waals surface area contributed by atoms with E-state index in [1.165, 1.54) is 6.08 Å². The number of aryl methyl sites for hydroxylation is 1. The van der Waals surface area contributed by atoms with Crippen molar-refractivity contribution in [3.63, 3.8) is 0 Å². The van der Waals surface area contributed by atoms with E-state index in [4.69, 9.17) is 18.9 Å². The minimum Gasteiger partial charge on any atom is -0.496 e. The molecule has 0 bridgehead atoms. The van der Waals surface area contributed by atoms with Crippen LogP contribution in [0.5, 0.6) is 17.2 Å². The monoisotopic (exact) mass is 342 g/mol. The summed E-state index contributed by atoms with van der Waals surface area (Å²) in [6, 6.07) is 11.3. The highest BCUT2D eigenvalue weighted by atomic mass is 16.5. The molecule has 0 aromatic heterocycles. The molecule has 0 atom stereocenters. The van der Waals surface area contributed by atoms with Crippen molar-refractivity contribution in [2.45, 2.75) is 13.5 Å². The number of carbonyl (C=O) groups excluding carboxylic acids is 1. The van der Waals surface area contributed by atoms with Gasteiger partial charge < -0.3 is 18.9 Å². The Bertz CT molecular complexity index is 747. The third kappa shape index (κ3) is 5.01. The lowest BCUT2D eigenvalue weighted by molar-refractivity contribution is -0.138. The van der Waals surface area contributed by atoms with Gasteiger partial charge in [-0.2, -0.15) is 0 Å². The van der Waals surface area contributed by atoms with Crippen LogP contribution in [-0.4, -0.2) is 27.3 Å². The molecule has 0 aliphatic heterocycles. The highest BCUT2D eigenvalue weighted by Gasteiger charge is 2.10. The molecule has 5 heteroatoms. The van der Waals surface area contributed by atoms with E-state index < -0.39 is 5.97 Å². The molecule has 2 rings (SSSR count). The normalized spacial score (nSPS) is 10.6. The van der Waals surface area contributed by atoms with Crippen molar-refractivity contribution in [3.05, 3.63) is 59.2 Å². The SMILES string of the molecule is COc1cc(OC)c(OC)cc1/C=C/C(=O)OCc1ccc(C)cc1. The molecule has 0 fully saturated rings. The molecule has 0 aliphatic carbocycles. The van der Waals surface area contributed by atoms with Crippen LogP contribution in [0.25, 0.3) is 6.08 Å². The molecule has 0 amide bonds. The van der Waals surface area contributed by atoms with Crippen LogP contribution in [0, 0.1) is 6.92 Å². The maximum absolute atomic E-state index is 11.9. The minimum atomic E-state index is -0.433. The van der Waals surface area contributed by atoms with Crippen LogP contribution >= 0.6 is 0 Å². The Labute approximate surface area is 147 Å². The molecule has 132 valence electrons. The fourth-order valence-corrected chi connectivity index (χ4v) is 2.23. The maximum atomic E-state index is 11.9. The van der Waals surface area contributed by atoms with Crippen LogP contribution in [0.15, 0.2) is 42.5 Å². The standard InChI is InChI=1S/C20H22O5/c1-14-5-7-15(8-6-14)13-25-20(21)10-9-16-11-18(23-3)19(24-4)12-17(16)22-2/h5-12H,13H2,1-4H3/b10-9+. The maximum Gasteiger partial charge on any atom is 0.331 e. The second-order valence-electron chi connectivity index (χ2n) is 5.38. The zero-order valence-corrected chi connectivity index (χ0v) is 14.9. The number of ether oxygens (including phenoxy) is 4. The van der Waals surface area contributed by atoms with Gasteiger partial charge in [-0.25, -0.2) is 4.79 Å². The van der Waals surface area contributed by atoms with Gasteiger partial charge in [-0.05, 0) is 24.6 Å². The average molecular weight is 342 g/mol. The summed E-state index contributed by atoms with van der Waals surface area (Å²) in [6.07, 6.45) is 2.98. The Kier molecular flexibility index (Phi) is 6.46. The summed E-state index contributed by atoms with van der Waals surface area (Å²) >= 11 is 0. The lowest BCUT2D eigenvalue weighted by atomic mass is 10.1. The summed E-state index contributed by atoms with van der Waals surface area (Å²) in [5.41, 5.74) is 2.79. The van der Waals surface area contributed by atoms with Crippen molar-refractivity contribution in [1.82, 2.24) is 0 Å². The van der Waals surface area contributed by atoms with Crippen LogP contribution in [0.2, 0.25) is 0 Å². The second-order valence-corrected chi connectivity index (χ2v) is 5.38. The number of hydrogen-bond donors (Lipinski definition) is 0. The van der Waals surface area contributed by atoms with E-state index in [9.17, 15) is 4.79 Å². The topological polar surface area (TPSA) is 54.0 Å². The van der Waals surface area contributed by atoms with Gasteiger partial charge in [0.1, 0.15) is 12.4 Å². The molecule has 0 radical (unpaired) electrons. The van der Waals surface area contributed by atoms with Crippen molar-refractivity contribution in [2.24, 2.45) is 0 Å². The van der Waals surface area contributed by atoms with Gasteiger partial charge in [-0.15, -0.1) is 0 Å². The zero-order valence-electron chi connectivity index (χ0n) is 14.9. The predicted octanol–water partition coefficient (Wildman–Crippen LogP) is 3.78. The number of hydrogen-bond acceptors (Lipinski definition) is 5. The molecule has 0 spiro atoms. The summed E-state index contributed by atoms with van der Waals surface area (Å²) < 4.78 is 21.1. The molecule has 0 aliphatic rings. The summed E-state index contributed by atoms with van der Waals surface area (Å²) in [4.78, 5) is 11.9. The van der Waals surface area contributed by atoms with Gasteiger partial charge >= 0.3 is 5.97 Å². The number of carbonyl (C=O) groups is 1. The molecule has 25 heavy (non-hydrogen) atoms. The Morgan fingerprint density at radius 2 is 1.52 bits per heavy atom. The molecule has 2 aromatic rings. The third-order valence-electron chi connectivity index (χ3n) is 3.64. The fourth-order valence-electron chi connectivity index (χ4n) is 2.23. The van der Waals surface area contributed by atoms with Crippen LogP contribution in [0.3, 0.4) is 0 Å². The van der Waals surface area contributed by atoms with E-state index in [1.807, 2.05) is 31.2 Å². The molecule has 0 saturated carbocycles. The van der Waals surface area contributed by atoms with Gasteiger partial charge in [-0.1, -0.05) is 29.8 Å². The van der Waals surface area contributed by atoms with Crippen LogP contribution in [-0.2, 0) is 16.1 Å². The van der Waals surface area contributed by atoms with Gasteiger partial charge in [0, 0.05) is 17.7 Å². The van der Waals surface area contributed by atoms with E-state index in [0.717, 1.165) is 11.1 Å². The van der Waals surface area contributed by atoms with E-state index in [0.29, 0.717) is 22.8 Å². The number of methoxy groups -OCH3 is 3. The quantitative estimate of drug-likeness (QED) is 0.566. The average Bonchev–Trinajstić information content (AvgIpc) is 2.65. The van der Waals surface area contributed by atoms with E-state index in [2.05, 4.69) is 0 Å². The number of benzene rings is 2. The second kappa shape index (κ2) is 8.78. The Morgan fingerprint density at radius 1 is 0.920 bits per heavy atom. The first kappa shape index (κ1) is 18.4. The molecule has 0 saturated heterocycles. The van der Waals surface area contributed by atoms with Crippen molar-refractivity contribution in [1.29, 1.82) is 0 Å². The summed E-state index contributed by atoms with van der Waals surface area (Å²) in [5.74, 6) is 1.24. The highest BCUT2D eigenvalue weighted by Crippen LogP contribution is 2.35. The first-order chi connectivity index (χ1) is 12.1. The fraction of sp³-hybridized carbons (Fsp3) is 0.250. The van der Waals surface area contributed by atoms with Gasteiger partial charge in [0.15, 0.2) is 11.5 Å². The van der Waals surface area contributed by atoms with Crippen LogP contribution < -0.4 is 14.2 Å². The highest BCUT2D eigenvalue weighted by molar-refractivity contribution is 5.87. The van der Waals surface area contributed by atoms with Crippen molar-refractivity contribution in [3.8, 4) is 17.2 Å². The van der Waals surface area contributed by atoms with Gasteiger partial charge in [-0.3, -0.25) is 0 Å². The van der Waals surface area contributed by atoms with Gasteiger partial charge in [0.25, 0.3) is 0 Å². The number of esters is 1. The Morgan fingerprint density at radius 3 is 2.12 bits per heavy atom. The van der Waals surface area contributed by atoms with Gasteiger partial charge in [0.05, 0.1) is 21.3 Å². The minimum absolute atomic E-state index is 0.229. The summed E-state index contributed by atoms with van der Waals surface area (Å²) in [7, 11) is 4.65. The largest absolute Gasteiger partial charge is 0.496 e. The molecule has 0 N–H and O–H groups in total. The molecule has 5 nitrogen and oxygen atoms in total. The molecular formula is C20H22O5. The smallest absolute Gasteiger partial charge is 0.331 e. The van der Waals surface area contributed by atoms with Crippen molar-refractivity contribution in [2.75, 3.05) is 21.3 Å². The summed E-state index contributed by atoms with van der Waals surface area (Å²) in [5, 5.41) is 0. The van der Waals surface area contributed by atoms with Crippen molar-refractivity contribution >= 4 is 12.0 Å². The van der Waals surface area contributed by atoms with E-state index in [1.54, 1.807) is 39.5 Å². The first-order valence-electron chi connectivity index (χ1n) is 7.77. The summed E-state index contributed by atoms with van der Waals surface area (Å²) in [6.45, 7) is 2.24. The molecule has 2 aromatic carbocycles. The lowest BCUT2D eigenvalue weighted by Crippen LogP contribution is -2.01. The zero-order chi connectivity index (χ0) is 18.2. The molecule has 0 heterocycles. The Hall–Kier alpha value is -2.95. The Balaban J connectivity index is 2.06. The van der Waals surface area contributed by atoms with E-state index in [-0.39, 0.29) is 6.61 Å². The predicted molar refractivity (Wildman–Crippen MR) is 96.1 cm³/mol. The molecular weight excluding hydrogens is 320 g/mol. The first-order valence-corrected chi connectivity index (χ1v) is 7.77. The number of rotatable bonds is 7. The third-order valence-corrected chi connectivity index (χ3v) is 3.64. The van der Waals surface area contributed by atoms with E-state index >= 15 is 0 Å². The van der Waals surface area contributed by atoms with Crippen molar-refractivity contribution < 1.29 is 23.7 Å². The van der Waals surface area contributed by atoms with Gasteiger partial charge in [0.2, 0.25) is 0 Å².